The first-order chi connectivity index (χ1) is 15.7. The van der Waals surface area contributed by atoms with Gasteiger partial charge in [0.05, 0.1) is 6.10 Å². The highest BCUT2D eigenvalue weighted by molar-refractivity contribution is 4.79. The van der Waals surface area contributed by atoms with Crippen molar-refractivity contribution in [1.29, 1.82) is 0 Å². The average molecular weight is 455 g/mol. The van der Waals surface area contributed by atoms with E-state index in [2.05, 4.69) is 36.4 Å². The summed E-state index contributed by atoms with van der Waals surface area (Å²) >= 11 is 0. The van der Waals surface area contributed by atoms with Gasteiger partial charge >= 0.3 is 0 Å². The van der Waals surface area contributed by atoms with Crippen LogP contribution in [0.25, 0.3) is 0 Å². The Labute approximate surface area is 197 Å². The van der Waals surface area contributed by atoms with E-state index in [1.807, 2.05) is 7.11 Å². The van der Waals surface area contributed by atoms with Crippen molar-refractivity contribution in [2.45, 2.75) is 18.9 Å². The van der Waals surface area contributed by atoms with Crippen LogP contribution in [0.4, 0.5) is 0 Å². The number of rotatable bonds is 13. The second kappa shape index (κ2) is 14.8. The molecule has 8 heteroatoms. The fraction of sp³-hybridized carbons (Fsp3) is 1.00. The van der Waals surface area contributed by atoms with Crippen LogP contribution in [0.3, 0.4) is 0 Å². The van der Waals surface area contributed by atoms with Crippen molar-refractivity contribution in [3.05, 3.63) is 0 Å². The van der Waals surface area contributed by atoms with E-state index in [1.54, 1.807) is 7.11 Å². The molecule has 0 bridgehead atoms. The summed E-state index contributed by atoms with van der Waals surface area (Å²) in [6.45, 7) is 21.1. The van der Waals surface area contributed by atoms with Crippen LogP contribution in [0, 0.1) is 0 Å². The van der Waals surface area contributed by atoms with Crippen molar-refractivity contribution in [1.82, 2.24) is 29.4 Å². The summed E-state index contributed by atoms with van der Waals surface area (Å²) in [5.41, 5.74) is 0. The molecule has 0 N–H and O–H groups in total. The average Bonchev–Trinajstić information content (AvgIpc) is 2.82. The minimum atomic E-state index is 0.318. The topological polar surface area (TPSA) is 37.9 Å². The molecule has 0 saturated carbocycles. The number of likely N-dealkylation sites (N-methyl/N-ethyl adjacent to an activating group) is 1. The molecule has 1 atom stereocenters. The second-order valence-electron chi connectivity index (χ2n) is 9.99. The molecule has 3 aliphatic rings. The second-order valence-corrected chi connectivity index (χ2v) is 9.99. The van der Waals surface area contributed by atoms with Crippen LogP contribution in [0.2, 0.25) is 0 Å². The van der Waals surface area contributed by atoms with Gasteiger partial charge in [-0.05, 0) is 33.0 Å². The van der Waals surface area contributed by atoms with Gasteiger partial charge in [0.1, 0.15) is 0 Å². The van der Waals surface area contributed by atoms with Crippen molar-refractivity contribution < 1.29 is 9.47 Å². The van der Waals surface area contributed by atoms with Crippen molar-refractivity contribution in [2.24, 2.45) is 0 Å². The normalized spacial score (nSPS) is 24.8. The van der Waals surface area contributed by atoms with Crippen molar-refractivity contribution >= 4 is 0 Å². The number of hydrogen-bond donors (Lipinski definition) is 0. The fourth-order valence-corrected chi connectivity index (χ4v) is 5.20. The molecule has 0 amide bonds. The number of methoxy groups -OCH3 is 2. The smallest absolute Gasteiger partial charge is 0.0824 e. The van der Waals surface area contributed by atoms with E-state index in [0.29, 0.717) is 6.10 Å². The maximum atomic E-state index is 5.89. The summed E-state index contributed by atoms with van der Waals surface area (Å²) in [5.74, 6) is 0. The van der Waals surface area contributed by atoms with Crippen LogP contribution in [0.5, 0.6) is 0 Å². The monoisotopic (exact) mass is 454 g/mol. The first-order valence-corrected chi connectivity index (χ1v) is 13.0. The fourth-order valence-electron chi connectivity index (χ4n) is 5.20. The molecule has 0 radical (unpaired) electrons. The van der Waals surface area contributed by atoms with Gasteiger partial charge in [-0.25, -0.2) is 0 Å². The zero-order valence-corrected chi connectivity index (χ0v) is 21.2. The van der Waals surface area contributed by atoms with E-state index in [-0.39, 0.29) is 0 Å². The Bertz CT molecular complexity index is 475. The van der Waals surface area contributed by atoms with Gasteiger partial charge < -0.3 is 29.1 Å². The zero-order valence-electron chi connectivity index (χ0n) is 21.2. The molecule has 0 aromatic carbocycles. The molecule has 0 aliphatic carbocycles. The van der Waals surface area contributed by atoms with Crippen molar-refractivity contribution in [2.75, 3.05) is 139 Å². The van der Waals surface area contributed by atoms with Gasteiger partial charge in [-0.1, -0.05) is 0 Å². The third-order valence-electron chi connectivity index (χ3n) is 7.55. The number of piperazine rings is 3. The van der Waals surface area contributed by atoms with Crippen LogP contribution in [-0.2, 0) is 9.47 Å². The van der Waals surface area contributed by atoms with E-state index in [4.69, 9.17) is 9.47 Å². The molecular weight excluding hydrogens is 404 g/mol. The summed E-state index contributed by atoms with van der Waals surface area (Å²) in [7, 11) is 5.91. The number of ether oxygens (including phenoxy) is 2. The third-order valence-corrected chi connectivity index (χ3v) is 7.55. The summed E-state index contributed by atoms with van der Waals surface area (Å²) in [5, 5.41) is 0. The molecule has 3 aliphatic heterocycles. The summed E-state index contributed by atoms with van der Waals surface area (Å²) < 4.78 is 11.1. The van der Waals surface area contributed by atoms with Gasteiger partial charge in [-0.2, -0.15) is 0 Å². The largest absolute Gasteiger partial charge is 0.385 e. The van der Waals surface area contributed by atoms with Crippen LogP contribution >= 0.6 is 0 Å². The molecule has 188 valence electrons. The molecule has 3 saturated heterocycles. The predicted octanol–water partition coefficient (Wildman–Crippen LogP) is -0.0894. The van der Waals surface area contributed by atoms with E-state index in [0.717, 1.165) is 45.8 Å². The van der Waals surface area contributed by atoms with Crippen LogP contribution in [-0.4, -0.2) is 175 Å². The third kappa shape index (κ3) is 9.50. The van der Waals surface area contributed by atoms with Gasteiger partial charge in [-0.3, -0.25) is 9.80 Å². The van der Waals surface area contributed by atoms with Gasteiger partial charge in [-0.15, -0.1) is 0 Å². The van der Waals surface area contributed by atoms with Crippen molar-refractivity contribution in [3.8, 4) is 0 Å². The molecular formula is C24H50N6O2. The van der Waals surface area contributed by atoms with Crippen LogP contribution in [0.15, 0.2) is 0 Å². The van der Waals surface area contributed by atoms with Gasteiger partial charge in [0.25, 0.3) is 0 Å². The Kier molecular flexibility index (Phi) is 12.2. The SMILES string of the molecule is COCCCN1CCN(CC(CN2CCN(CCCN3CCN(C)CC3)CC2)OC)CC1. The van der Waals surface area contributed by atoms with Crippen molar-refractivity contribution in [3.63, 3.8) is 0 Å². The Morgan fingerprint density at radius 1 is 0.562 bits per heavy atom. The minimum absolute atomic E-state index is 0.318. The molecule has 3 heterocycles. The zero-order chi connectivity index (χ0) is 22.6. The van der Waals surface area contributed by atoms with Crippen LogP contribution in [0.1, 0.15) is 12.8 Å². The predicted molar refractivity (Wildman–Crippen MR) is 132 cm³/mol. The van der Waals surface area contributed by atoms with Gasteiger partial charge in [0, 0.05) is 119 Å². The van der Waals surface area contributed by atoms with E-state index in [9.17, 15) is 0 Å². The summed E-state index contributed by atoms with van der Waals surface area (Å²) in [6.07, 6.45) is 2.76. The van der Waals surface area contributed by atoms with Gasteiger partial charge in [0.15, 0.2) is 0 Å². The number of nitrogens with zero attached hydrogens (tertiary/aromatic N) is 6. The molecule has 1 unspecified atom stereocenters. The highest BCUT2D eigenvalue weighted by Crippen LogP contribution is 2.09. The molecule has 0 aromatic heterocycles. The lowest BCUT2D eigenvalue weighted by Crippen LogP contribution is -2.53. The first kappa shape index (κ1) is 26.3. The van der Waals surface area contributed by atoms with E-state index in [1.165, 1.54) is 85.0 Å². The summed E-state index contributed by atoms with van der Waals surface area (Å²) in [4.78, 5) is 15.5. The Hall–Kier alpha value is -0.320. The standard InChI is InChI=1S/C24H50N6O2/c1-25-9-11-26(12-10-25)6-4-7-27-13-17-29(18-14-27)22-24(32-3)23-30-19-15-28(16-20-30)8-5-21-31-2/h24H,4-23H2,1-3H3. The van der Waals surface area contributed by atoms with Gasteiger partial charge in [0.2, 0.25) is 0 Å². The maximum Gasteiger partial charge on any atom is 0.0824 e. The highest BCUT2D eigenvalue weighted by atomic mass is 16.5. The highest BCUT2D eigenvalue weighted by Gasteiger charge is 2.24. The molecule has 0 spiro atoms. The Morgan fingerprint density at radius 2 is 0.969 bits per heavy atom. The lowest BCUT2D eigenvalue weighted by Gasteiger charge is -2.39. The number of hydrogen-bond acceptors (Lipinski definition) is 8. The molecule has 0 aromatic rings. The molecule has 32 heavy (non-hydrogen) atoms. The first-order valence-electron chi connectivity index (χ1n) is 13.0. The molecule has 8 nitrogen and oxygen atoms in total. The quantitative estimate of drug-likeness (QED) is 0.358. The Balaban J connectivity index is 1.24. The van der Waals surface area contributed by atoms with E-state index < -0.39 is 0 Å². The van der Waals surface area contributed by atoms with Crippen LogP contribution < -0.4 is 0 Å². The maximum absolute atomic E-state index is 5.89. The summed E-state index contributed by atoms with van der Waals surface area (Å²) in [6, 6.07) is 0. The Morgan fingerprint density at radius 3 is 1.41 bits per heavy atom. The molecule has 3 rings (SSSR count). The lowest BCUT2D eigenvalue weighted by atomic mass is 10.2. The van der Waals surface area contributed by atoms with E-state index >= 15 is 0 Å². The molecule has 3 fully saturated rings. The lowest BCUT2D eigenvalue weighted by molar-refractivity contribution is 0.00954. The minimum Gasteiger partial charge on any atom is -0.385 e.